The smallest absolute Gasteiger partial charge is 0.217 e. The van der Waals surface area contributed by atoms with Gasteiger partial charge in [0, 0.05) is 31.8 Å². The highest BCUT2D eigenvalue weighted by atomic mass is 19.1. The van der Waals surface area contributed by atoms with E-state index in [1.807, 2.05) is 6.07 Å². The lowest BCUT2D eigenvalue weighted by atomic mass is 9.90. The zero-order valence-electron chi connectivity index (χ0n) is 15.1. The first-order valence-electron chi connectivity index (χ1n) is 8.92. The summed E-state index contributed by atoms with van der Waals surface area (Å²) in [5.74, 6) is -0.734. The van der Waals surface area contributed by atoms with Gasteiger partial charge in [-0.2, -0.15) is 5.10 Å². The predicted molar refractivity (Wildman–Crippen MR) is 94.8 cm³/mol. The molecule has 0 spiro atoms. The third kappa shape index (κ3) is 4.46. The van der Waals surface area contributed by atoms with Crippen LogP contribution in [0.4, 0.5) is 8.78 Å². The van der Waals surface area contributed by atoms with E-state index in [-0.39, 0.29) is 17.6 Å². The highest BCUT2D eigenvalue weighted by Crippen LogP contribution is 2.22. The van der Waals surface area contributed by atoms with E-state index in [9.17, 15) is 13.6 Å². The number of benzene rings is 1. The van der Waals surface area contributed by atoms with Crippen molar-refractivity contribution in [3.05, 3.63) is 47.8 Å². The number of carbonyl (C=O) groups excluding carboxylic acids is 1. The zero-order chi connectivity index (χ0) is 18.7. The molecule has 1 aromatic carbocycles. The lowest BCUT2D eigenvalue weighted by Crippen LogP contribution is -2.43. The van der Waals surface area contributed by atoms with Crippen molar-refractivity contribution in [1.82, 2.24) is 20.0 Å². The van der Waals surface area contributed by atoms with Gasteiger partial charge in [-0.25, -0.2) is 13.5 Å². The lowest BCUT2D eigenvalue weighted by Gasteiger charge is -2.34. The molecule has 1 aliphatic heterocycles. The van der Waals surface area contributed by atoms with Gasteiger partial charge in [0.2, 0.25) is 5.91 Å². The summed E-state index contributed by atoms with van der Waals surface area (Å²) in [6.07, 6.45) is 3.74. The zero-order valence-corrected chi connectivity index (χ0v) is 15.1. The number of rotatable bonds is 5. The molecule has 1 fully saturated rings. The molecule has 140 valence electrons. The number of aromatic nitrogens is 2. The summed E-state index contributed by atoms with van der Waals surface area (Å²) in [6.45, 7) is 6.17. The van der Waals surface area contributed by atoms with Crippen molar-refractivity contribution < 1.29 is 13.6 Å². The number of likely N-dealkylation sites (tertiary alicyclic amines) is 1. The predicted octanol–water partition coefficient (Wildman–Crippen LogP) is 2.89. The molecular weight excluding hydrogens is 338 g/mol. The van der Waals surface area contributed by atoms with Crippen LogP contribution in [0.2, 0.25) is 0 Å². The molecule has 1 atom stereocenters. The topological polar surface area (TPSA) is 50.2 Å². The Bertz CT molecular complexity index is 769. The van der Waals surface area contributed by atoms with Gasteiger partial charge in [-0.3, -0.25) is 9.69 Å². The third-order valence-corrected chi connectivity index (χ3v) is 4.96. The minimum Gasteiger partial charge on any atom is -0.354 e. The number of nitrogens with zero attached hydrogens (tertiary/aromatic N) is 3. The van der Waals surface area contributed by atoms with Crippen LogP contribution in [0.3, 0.4) is 0 Å². The fourth-order valence-electron chi connectivity index (χ4n) is 3.53. The number of carbonyl (C=O) groups is 1. The first-order chi connectivity index (χ1) is 12.4. The average Bonchev–Trinajstić information content (AvgIpc) is 3.03. The molecule has 26 heavy (non-hydrogen) atoms. The van der Waals surface area contributed by atoms with Crippen LogP contribution in [0.15, 0.2) is 30.5 Å². The van der Waals surface area contributed by atoms with E-state index in [0.717, 1.165) is 37.7 Å². The van der Waals surface area contributed by atoms with E-state index in [0.29, 0.717) is 12.5 Å². The Hall–Kier alpha value is -2.28. The van der Waals surface area contributed by atoms with Crippen LogP contribution < -0.4 is 5.32 Å². The number of hydrogen-bond acceptors (Lipinski definition) is 3. The number of amides is 1. The molecule has 1 amide bonds. The second-order valence-corrected chi connectivity index (χ2v) is 6.95. The Morgan fingerprint density at radius 1 is 1.31 bits per heavy atom. The fourth-order valence-corrected chi connectivity index (χ4v) is 3.53. The molecule has 2 aromatic rings. The third-order valence-electron chi connectivity index (χ3n) is 4.96. The Balaban J connectivity index is 1.56. The van der Waals surface area contributed by atoms with Gasteiger partial charge in [0.25, 0.3) is 0 Å². The number of halogens is 2. The molecule has 0 aliphatic carbocycles. The van der Waals surface area contributed by atoms with Crippen LogP contribution in [0, 0.1) is 17.6 Å². The quantitative estimate of drug-likeness (QED) is 0.890. The maximum Gasteiger partial charge on any atom is 0.217 e. The fraction of sp³-hybridized carbons (Fsp3) is 0.474. The Morgan fingerprint density at radius 2 is 2.04 bits per heavy atom. The molecule has 1 saturated heterocycles. The molecule has 1 unspecified atom stereocenters. The molecule has 2 heterocycles. The van der Waals surface area contributed by atoms with Gasteiger partial charge >= 0.3 is 0 Å². The minimum absolute atomic E-state index is 0.0125. The van der Waals surface area contributed by atoms with E-state index >= 15 is 0 Å². The van der Waals surface area contributed by atoms with E-state index in [2.05, 4.69) is 22.2 Å². The van der Waals surface area contributed by atoms with Crippen molar-refractivity contribution in [1.29, 1.82) is 0 Å². The monoisotopic (exact) mass is 362 g/mol. The van der Waals surface area contributed by atoms with Crippen molar-refractivity contribution >= 4 is 5.91 Å². The largest absolute Gasteiger partial charge is 0.354 e. The second-order valence-electron chi connectivity index (χ2n) is 6.95. The molecule has 0 radical (unpaired) electrons. The summed E-state index contributed by atoms with van der Waals surface area (Å²) in [6, 6.07) is 5.51. The van der Waals surface area contributed by atoms with Gasteiger partial charge in [0.15, 0.2) is 5.82 Å². The van der Waals surface area contributed by atoms with Gasteiger partial charge in [-0.05, 0) is 57.0 Å². The standard InChI is InChI=1S/C19H24F2N4O/c1-13(22-14(2)26)15-5-8-24(9-6-15)12-17-7-10-25(23-17)19-4-3-16(20)11-18(19)21/h3-4,7,10-11,13,15H,5-6,8-9,12H2,1-2H3,(H,22,26). The van der Waals surface area contributed by atoms with Crippen molar-refractivity contribution in [2.24, 2.45) is 5.92 Å². The number of nitrogens with one attached hydrogen (secondary N) is 1. The Kier molecular flexibility index (Phi) is 5.66. The van der Waals surface area contributed by atoms with Crippen LogP contribution in [0.1, 0.15) is 32.4 Å². The minimum atomic E-state index is -0.632. The van der Waals surface area contributed by atoms with Crippen LogP contribution in [0.5, 0.6) is 0 Å². The number of piperidine rings is 1. The van der Waals surface area contributed by atoms with E-state index in [1.165, 1.54) is 16.8 Å². The molecule has 3 rings (SSSR count). The highest BCUT2D eigenvalue weighted by molar-refractivity contribution is 5.73. The molecule has 0 bridgehead atoms. The maximum atomic E-state index is 13.9. The lowest BCUT2D eigenvalue weighted by molar-refractivity contribution is -0.120. The maximum absolute atomic E-state index is 13.9. The Labute approximate surface area is 152 Å². The van der Waals surface area contributed by atoms with Crippen molar-refractivity contribution in [2.75, 3.05) is 13.1 Å². The van der Waals surface area contributed by atoms with Crippen molar-refractivity contribution in [3.8, 4) is 5.69 Å². The normalized spacial score (nSPS) is 17.2. The molecule has 7 heteroatoms. The van der Waals surface area contributed by atoms with E-state index in [1.54, 1.807) is 13.1 Å². The first-order valence-corrected chi connectivity index (χ1v) is 8.92. The number of hydrogen-bond donors (Lipinski definition) is 1. The molecule has 1 aliphatic rings. The Morgan fingerprint density at radius 3 is 2.69 bits per heavy atom. The molecule has 0 saturated carbocycles. The second kappa shape index (κ2) is 7.95. The van der Waals surface area contributed by atoms with Gasteiger partial charge < -0.3 is 5.32 Å². The van der Waals surface area contributed by atoms with Gasteiger partial charge in [0.05, 0.1) is 5.69 Å². The molecule has 1 aromatic heterocycles. The van der Waals surface area contributed by atoms with Crippen LogP contribution in [0.25, 0.3) is 5.69 Å². The van der Waals surface area contributed by atoms with Crippen molar-refractivity contribution in [2.45, 2.75) is 39.3 Å². The summed E-state index contributed by atoms with van der Waals surface area (Å²) >= 11 is 0. The summed E-state index contributed by atoms with van der Waals surface area (Å²) in [7, 11) is 0. The summed E-state index contributed by atoms with van der Waals surface area (Å²) in [5, 5.41) is 7.39. The summed E-state index contributed by atoms with van der Waals surface area (Å²) in [5.41, 5.74) is 1.09. The highest BCUT2D eigenvalue weighted by Gasteiger charge is 2.24. The van der Waals surface area contributed by atoms with Crippen LogP contribution in [-0.2, 0) is 11.3 Å². The summed E-state index contributed by atoms with van der Waals surface area (Å²) < 4.78 is 28.3. The molecule has 5 nitrogen and oxygen atoms in total. The molecule has 1 N–H and O–H groups in total. The molecular formula is C19H24F2N4O. The van der Waals surface area contributed by atoms with E-state index in [4.69, 9.17) is 0 Å². The summed E-state index contributed by atoms with van der Waals surface area (Å²) in [4.78, 5) is 13.5. The van der Waals surface area contributed by atoms with Crippen molar-refractivity contribution in [3.63, 3.8) is 0 Å². The van der Waals surface area contributed by atoms with Crippen LogP contribution in [-0.4, -0.2) is 39.7 Å². The van der Waals surface area contributed by atoms with Gasteiger partial charge in [-0.15, -0.1) is 0 Å². The SMILES string of the molecule is CC(=O)NC(C)C1CCN(Cc2ccn(-c3ccc(F)cc3F)n2)CC1. The van der Waals surface area contributed by atoms with Gasteiger partial charge in [0.1, 0.15) is 11.5 Å². The van der Waals surface area contributed by atoms with Gasteiger partial charge in [-0.1, -0.05) is 0 Å². The van der Waals surface area contributed by atoms with Crippen LogP contribution >= 0.6 is 0 Å². The first kappa shape index (κ1) is 18.5. The van der Waals surface area contributed by atoms with E-state index < -0.39 is 11.6 Å². The average molecular weight is 362 g/mol.